The molecule has 0 aliphatic carbocycles. The Morgan fingerprint density at radius 3 is 2.18 bits per heavy atom. The second-order valence-corrected chi connectivity index (χ2v) is 4.07. The van der Waals surface area contributed by atoms with Gasteiger partial charge in [0.15, 0.2) is 0 Å². The molecular weight excluding hydrogens is 308 g/mol. The van der Waals surface area contributed by atoms with Crippen molar-refractivity contribution in [2.24, 2.45) is 0 Å². The van der Waals surface area contributed by atoms with Crippen molar-refractivity contribution in [3.05, 3.63) is 29.3 Å². The number of nitrogens with one attached hydrogen (secondary N) is 1. The Morgan fingerprint density at radius 2 is 1.76 bits per heavy atom. The fourth-order valence-corrected chi connectivity index (χ4v) is 1.02. The van der Waals surface area contributed by atoms with Gasteiger partial charge in [0.1, 0.15) is 5.88 Å². The summed E-state index contributed by atoms with van der Waals surface area (Å²) in [6, 6.07) is 6.90. The van der Waals surface area contributed by atoms with Crippen LogP contribution < -0.4 is 5.32 Å². The zero-order chi connectivity index (χ0) is 13.3. The number of carbonyl (C=O) groups excluding carboxylic acids is 2. The first-order valence-corrected chi connectivity index (χ1v) is 6.17. The molecule has 0 aromatic heterocycles. The molecule has 17 heavy (non-hydrogen) atoms. The largest absolute Gasteiger partial charge is 0.325 e. The lowest BCUT2D eigenvalue weighted by Gasteiger charge is -2.01. The first-order chi connectivity index (χ1) is 7.99. The molecule has 0 aliphatic rings. The fraction of sp³-hybridized carbons (Fsp3) is 0.200. The Kier molecular flexibility index (Phi) is 9.27. The van der Waals surface area contributed by atoms with Crippen LogP contribution in [0.25, 0.3) is 0 Å². The van der Waals surface area contributed by atoms with Crippen LogP contribution in [-0.4, -0.2) is 22.9 Å². The highest BCUT2D eigenvalue weighted by Gasteiger charge is 1.98. The van der Waals surface area contributed by atoms with Gasteiger partial charge in [0, 0.05) is 10.7 Å². The summed E-state index contributed by atoms with van der Waals surface area (Å²) < 4.78 is 0. The smallest absolute Gasteiger partial charge is 0.239 e. The minimum absolute atomic E-state index is 0.0491. The third-order valence-corrected chi connectivity index (χ3v) is 2.33. The average molecular weight is 317 g/mol. The Bertz CT molecular complexity index is 384. The monoisotopic (exact) mass is 315 g/mol. The number of hydrogen-bond donors (Lipinski definition) is 1. The van der Waals surface area contributed by atoms with Crippen LogP contribution in [0.4, 0.5) is 5.69 Å². The maximum absolute atomic E-state index is 10.8. The van der Waals surface area contributed by atoms with Gasteiger partial charge in [-0.1, -0.05) is 17.7 Å². The molecule has 7 heteroatoms. The van der Waals surface area contributed by atoms with Crippen LogP contribution in [0, 0.1) is 0 Å². The predicted octanol–water partition coefficient (Wildman–Crippen LogP) is 3.51. The van der Waals surface area contributed by atoms with Gasteiger partial charge in [-0.15, -0.1) is 23.2 Å². The number of alkyl halides is 2. The number of amides is 1. The summed E-state index contributed by atoms with van der Waals surface area (Å²) in [7, 11) is 0. The molecule has 0 spiro atoms. The van der Waals surface area contributed by atoms with Crippen molar-refractivity contribution in [2.75, 3.05) is 17.1 Å². The van der Waals surface area contributed by atoms with Crippen LogP contribution >= 0.6 is 46.4 Å². The Hall–Kier alpha value is -0.480. The van der Waals surface area contributed by atoms with Crippen LogP contribution in [-0.2, 0) is 9.59 Å². The van der Waals surface area contributed by atoms with E-state index in [0.717, 1.165) is 0 Å². The lowest BCUT2D eigenvalue weighted by molar-refractivity contribution is -0.114. The van der Waals surface area contributed by atoms with Crippen molar-refractivity contribution >= 4 is 63.2 Å². The predicted molar refractivity (Wildman–Crippen MR) is 72.4 cm³/mol. The molecule has 0 heterocycles. The first kappa shape index (κ1) is 16.5. The van der Waals surface area contributed by atoms with Crippen molar-refractivity contribution in [1.82, 2.24) is 0 Å². The van der Waals surface area contributed by atoms with E-state index in [-0.39, 0.29) is 17.7 Å². The van der Waals surface area contributed by atoms with Gasteiger partial charge in [-0.25, -0.2) is 0 Å². The highest BCUT2D eigenvalue weighted by atomic mass is 35.5. The highest BCUT2D eigenvalue weighted by molar-refractivity contribution is 6.67. The molecule has 0 bridgehead atoms. The van der Waals surface area contributed by atoms with Gasteiger partial charge < -0.3 is 5.32 Å². The number of benzene rings is 1. The van der Waals surface area contributed by atoms with E-state index in [9.17, 15) is 9.59 Å². The molecule has 3 nitrogen and oxygen atoms in total. The normalized spacial score (nSPS) is 8.94. The summed E-state index contributed by atoms with van der Waals surface area (Å²) in [5.74, 6) is -0.382. The summed E-state index contributed by atoms with van der Waals surface area (Å²) >= 11 is 20.5. The maximum atomic E-state index is 10.8. The quantitative estimate of drug-likeness (QED) is 0.685. The SMILES string of the molecule is O=C(CCl)Nc1cccc(Cl)c1.O=C(Cl)CCl. The van der Waals surface area contributed by atoms with Gasteiger partial charge in [-0.3, -0.25) is 9.59 Å². The van der Waals surface area contributed by atoms with E-state index in [1.807, 2.05) is 0 Å². The van der Waals surface area contributed by atoms with Gasteiger partial charge in [-0.2, -0.15) is 0 Å². The van der Waals surface area contributed by atoms with Gasteiger partial charge in [0.2, 0.25) is 11.1 Å². The van der Waals surface area contributed by atoms with Crippen LogP contribution in [0.3, 0.4) is 0 Å². The van der Waals surface area contributed by atoms with Crippen molar-refractivity contribution in [3.8, 4) is 0 Å². The molecule has 0 atom stereocenters. The number of rotatable bonds is 3. The highest BCUT2D eigenvalue weighted by Crippen LogP contribution is 2.14. The van der Waals surface area contributed by atoms with E-state index < -0.39 is 5.24 Å². The van der Waals surface area contributed by atoms with Crippen molar-refractivity contribution in [2.45, 2.75) is 0 Å². The van der Waals surface area contributed by atoms with Gasteiger partial charge in [0.25, 0.3) is 0 Å². The van der Waals surface area contributed by atoms with Crippen molar-refractivity contribution in [3.63, 3.8) is 0 Å². The van der Waals surface area contributed by atoms with Gasteiger partial charge in [-0.05, 0) is 29.8 Å². The summed E-state index contributed by atoms with van der Waals surface area (Å²) in [4.78, 5) is 20.3. The van der Waals surface area contributed by atoms with Crippen molar-refractivity contribution in [1.29, 1.82) is 0 Å². The molecule has 0 saturated heterocycles. The molecule has 0 aliphatic heterocycles. The molecule has 0 fully saturated rings. The lowest BCUT2D eigenvalue weighted by atomic mass is 10.3. The van der Waals surface area contributed by atoms with E-state index in [4.69, 9.17) is 46.4 Å². The van der Waals surface area contributed by atoms with E-state index in [2.05, 4.69) is 5.32 Å². The summed E-state index contributed by atoms with van der Waals surface area (Å²) in [6.45, 7) is 0. The molecule has 1 aromatic rings. The molecule has 1 N–H and O–H groups in total. The number of carbonyl (C=O) groups is 2. The zero-order valence-electron chi connectivity index (χ0n) is 8.55. The zero-order valence-corrected chi connectivity index (χ0v) is 11.6. The molecule has 0 saturated carbocycles. The Balaban J connectivity index is 0.000000437. The number of halogens is 4. The molecule has 1 rings (SSSR count). The topological polar surface area (TPSA) is 46.2 Å². The third kappa shape index (κ3) is 9.24. The van der Waals surface area contributed by atoms with Crippen LogP contribution in [0.1, 0.15) is 0 Å². The minimum Gasteiger partial charge on any atom is -0.325 e. The van der Waals surface area contributed by atoms with E-state index in [1.54, 1.807) is 24.3 Å². The van der Waals surface area contributed by atoms with E-state index in [0.29, 0.717) is 10.7 Å². The lowest BCUT2D eigenvalue weighted by Crippen LogP contribution is -2.12. The van der Waals surface area contributed by atoms with Crippen molar-refractivity contribution < 1.29 is 9.59 Å². The van der Waals surface area contributed by atoms with E-state index >= 15 is 0 Å². The third-order valence-electron chi connectivity index (χ3n) is 1.33. The molecule has 94 valence electrons. The second kappa shape index (κ2) is 9.54. The molecular formula is C10H9Cl4NO2. The molecule has 1 amide bonds. The summed E-state index contributed by atoms with van der Waals surface area (Å²) in [6.07, 6.45) is 0. The maximum Gasteiger partial charge on any atom is 0.239 e. The minimum atomic E-state index is -0.508. The standard InChI is InChI=1S/C8H7Cl2NO.C2H2Cl2O/c9-5-8(12)11-7-3-1-2-6(10)4-7;3-1-2(4)5/h1-4H,5H2,(H,11,12);1H2. The summed E-state index contributed by atoms with van der Waals surface area (Å²) in [5.41, 5.74) is 0.660. The first-order valence-electron chi connectivity index (χ1n) is 4.35. The fourth-order valence-electron chi connectivity index (χ4n) is 0.761. The number of hydrogen-bond acceptors (Lipinski definition) is 2. The van der Waals surface area contributed by atoms with E-state index in [1.165, 1.54) is 0 Å². The Labute approximate surface area is 119 Å². The Morgan fingerprint density at radius 1 is 1.18 bits per heavy atom. The van der Waals surface area contributed by atoms with Crippen LogP contribution in [0.2, 0.25) is 5.02 Å². The molecule has 1 aromatic carbocycles. The number of anilines is 1. The van der Waals surface area contributed by atoms with Crippen LogP contribution in [0.15, 0.2) is 24.3 Å². The van der Waals surface area contributed by atoms with Gasteiger partial charge in [0.05, 0.1) is 5.88 Å². The average Bonchev–Trinajstić information content (AvgIpc) is 2.29. The second-order valence-electron chi connectivity index (χ2n) is 2.68. The molecule has 0 radical (unpaired) electrons. The van der Waals surface area contributed by atoms with Crippen LogP contribution in [0.5, 0.6) is 0 Å². The summed E-state index contributed by atoms with van der Waals surface area (Å²) in [5, 5.41) is 2.65. The molecule has 0 unspecified atom stereocenters. The van der Waals surface area contributed by atoms with Gasteiger partial charge >= 0.3 is 0 Å².